The van der Waals surface area contributed by atoms with Gasteiger partial charge in [-0.2, -0.15) is 0 Å². The Hall–Kier alpha value is -1.47. The lowest BCUT2D eigenvalue weighted by atomic mass is 9.89. The number of aliphatic hydroxyl groups excluding tert-OH is 1. The van der Waals surface area contributed by atoms with Crippen LogP contribution in [-0.2, 0) is 6.54 Å². The van der Waals surface area contributed by atoms with Gasteiger partial charge in [-0.1, -0.05) is 17.8 Å². The van der Waals surface area contributed by atoms with Crippen LogP contribution in [0.25, 0.3) is 0 Å². The molecule has 1 aliphatic heterocycles. The Morgan fingerprint density at radius 3 is 3.16 bits per heavy atom. The first-order chi connectivity index (χ1) is 9.19. The van der Waals surface area contributed by atoms with E-state index in [-0.39, 0.29) is 18.1 Å². The minimum absolute atomic E-state index is 0.00639. The van der Waals surface area contributed by atoms with Crippen molar-refractivity contribution >= 4 is 5.95 Å². The van der Waals surface area contributed by atoms with Crippen molar-refractivity contribution in [3.63, 3.8) is 0 Å². The van der Waals surface area contributed by atoms with E-state index in [1.54, 1.807) is 10.8 Å². The van der Waals surface area contributed by atoms with Crippen LogP contribution in [0.4, 0.5) is 5.95 Å². The summed E-state index contributed by atoms with van der Waals surface area (Å²) >= 11 is 0. The summed E-state index contributed by atoms with van der Waals surface area (Å²) in [5, 5.41) is 20.1. The highest BCUT2D eigenvalue weighted by Crippen LogP contribution is 2.52. The highest BCUT2D eigenvalue weighted by Gasteiger charge is 2.63. The third-order valence-corrected chi connectivity index (χ3v) is 4.48. The van der Waals surface area contributed by atoms with E-state index in [9.17, 15) is 10.1 Å². The van der Waals surface area contributed by atoms with Crippen molar-refractivity contribution in [2.75, 3.05) is 13.2 Å². The van der Waals surface area contributed by atoms with Crippen LogP contribution in [0.3, 0.4) is 0 Å². The summed E-state index contributed by atoms with van der Waals surface area (Å²) in [6.45, 7) is 1.41. The van der Waals surface area contributed by atoms with Crippen LogP contribution in [0, 0.1) is 10.1 Å². The summed E-state index contributed by atoms with van der Waals surface area (Å²) in [7, 11) is 0. The third kappa shape index (κ3) is 1.93. The molecule has 2 aliphatic rings. The van der Waals surface area contributed by atoms with E-state index in [0.717, 1.165) is 19.3 Å². The summed E-state index contributed by atoms with van der Waals surface area (Å²) in [4.78, 5) is 16.6. The second-order valence-corrected chi connectivity index (χ2v) is 5.39. The molecule has 1 N–H and O–H groups in total. The third-order valence-electron chi connectivity index (χ3n) is 4.48. The zero-order valence-electron chi connectivity index (χ0n) is 10.7. The molecule has 3 unspecified atom stereocenters. The molecule has 1 saturated heterocycles. The second kappa shape index (κ2) is 4.57. The molecular formula is C12H18N4O3. The molecular weight excluding hydrogens is 248 g/mol. The average Bonchev–Trinajstić information content (AvgIpc) is 2.78. The molecule has 2 fully saturated rings. The number of aromatic nitrogens is 2. The van der Waals surface area contributed by atoms with Crippen LogP contribution >= 0.6 is 0 Å². The van der Waals surface area contributed by atoms with Crippen molar-refractivity contribution in [3.8, 4) is 0 Å². The molecule has 2 heterocycles. The van der Waals surface area contributed by atoms with E-state index in [0.29, 0.717) is 19.1 Å². The average molecular weight is 266 g/mol. The Morgan fingerprint density at radius 2 is 2.42 bits per heavy atom. The van der Waals surface area contributed by atoms with Crippen LogP contribution < -0.4 is 0 Å². The van der Waals surface area contributed by atoms with Gasteiger partial charge >= 0.3 is 5.95 Å². The first-order valence-electron chi connectivity index (χ1n) is 6.72. The molecule has 0 aromatic carbocycles. The van der Waals surface area contributed by atoms with Crippen LogP contribution in [0.15, 0.2) is 12.4 Å². The second-order valence-electron chi connectivity index (χ2n) is 5.39. The van der Waals surface area contributed by atoms with Gasteiger partial charge in [0.2, 0.25) is 0 Å². The van der Waals surface area contributed by atoms with Gasteiger partial charge in [0.25, 0.3) is 0 Å². The van der Waals surface area contributed by atoms with Gasteiger partial charge < -0.3 is 15.2 Å². The van der Waals surface area contributed by atoms with Gasteiger partial charge in [0.15, 0.2) is 0 Å². The summed E-state index contributed by atoms with van der Waals surface area (Å²) in [5.41, 5.74) is 0.00639. The molecule has 0 radical (unpaired) electrons. The molecule has 1 saturated carbocycles. The van der Waals surface area contributed by atoms with E-state index in [1.807, 2.05) is 0 Å². The summed E-state index contributed by atoms with van der Waals surface area (Å²) in [6.07, 6.45) is 7.69. The molecule has 1 aromatic rings. The molecule has 1 aromatic heterocycles. The zero-order chi connectivity index (χ0) is 13.5. The number of hydrogen-bond donors (Lipinski definition) is 1. The van der Waals surface area contributed by atoms with Crippen molar-refractivity contribution in [3.05, 3.63) is 22.5 Å². The lowest BCUT2D eigenvalue weighted by Gasteiger charge is -2.19. The van der Waals surface area contributed by atoms with E-state index in [4.69, 9.17) is 5.11 Å². The number of hydrogen-bond acceptors (Lipinski definition) is 5. The van der Waals surface area contributed by atoms with E-state index in [2.05, 4.69) is 9.88 Å². The molecule has 3 atom stereocenters. The van der Waals surface area contributed by atoms with Gasteiger partial charge in [-0.3, -0.25) is 4.90 Å². The molecule has 19 heavy (non-hydrogen) atoms. The van der Waals surface area contributed by atoms with Gasteiger partial charge in [-0.25, -0.2) is 4.57 Å². The predicted molar refractivity (Wildman–Crippen MR) is 67.7 cm³/mol. The number of fused-ring (bicyclic) bond motifs is 1. The quantitative estimate of drug-likeness (QED) is 0.483. The topological polar surface area (TPSA) is 84.2 Å². The van der Waals surface area contributed by atoms with Crippen molar-refractivity contribution in [1.29, 1.82) is 0 Å². The number of nitrogens with zero attached hydrogens (tertiary/aromatic N) is 4. The molecule has 3 rings (SSSR count). The van der Waals surface area contributed by atoms with Crippen molar-refractivity contribution < 1.29 is 10.0 Å². The van der Waals surface area contributed by atoms with Gasteiger partial charge in [-0.15, -0.1) is 0 Å². The fourth-order valence-electron chi connectivity index (χ4n) is 3.66. The van der Waals surface area contributed by atoms with E-state index < -0.39 is 4.92 Å². The number of imidazole rings is 1. The number of nitro groups is 1. The number of likely N-dealkylation sites (tertiary alicyclic amines) is 1. The number of rotatable bonds is 5. The summed E-state index contributed by atoms with van der Waals surface area (Å²) in [6, 6.07) is 0.468. The van der Waals surface area contributed by atoms with Crippen LogP contribution in [0.2, 0.25) is 0 Å². The summed E-state index contributed by atoms with van der Waals surface area (Å²) in [5.74, 6) is -0.0884. The minimum atomic E-state index is -0.437. The Balaban J connectivity index is 1.81. The first kappa shape index (κ1) is 12.6. The largest absolute Gasteiger partial charge is 0.434 e. The minimum Gasteiger partial charge on any atom is -0.395 e. The smallest absolute Gasteiger partial charge is 0.395 e. The standard InChI is InChI=1S/C12H18N4O3/c17-8-7-15-10-3-1-2-4-12(10,15)9-14-6-5-13-11(14)16(18)19/h5-6,10,17H,1-4,7-9H2. The fraction of sp³-hybridized carbons (Fsp3) is 0.750. The fourth-order valence-corrected chi connectivity index (χ4v) is 3.66. The van der Waals surface area contributed by atoms with E-state index >= 15 is 0 Å². The van der Waals surface area contributed by atoms with Crippen LogP contribution in [0.5, 0.6) is 0 Å². The van der Waals surface area contributed by atoms with Gasteiger partial charge in [0.05, 0.1) is 18.7 Å². The molecule has 1 aliphatic carbocycles. The molecule has 0 spiro atoms. The van der Waals surface area contributed by atoms with Gasteiger partial charge in [0, 0.05) is 12.6 Å². The van der Waals surface area contributed by atoms with Crippen LogP contribution in [0.1, 0.15) is 25.7 Å². The molecule has 0 bridgehead atoms. The van der Waals surface area contributed by atoms with Crippen molar-refractivity contribution in [2.45, 2.75) is 43.8 Å². The maximum atomic E-state index is 10.9. The Morgan fingerprint density at radius 1 is 1.58 bits per heavy atom. The lowest BCUT2D eigenvalue weighted by Crippen LogP contribution is -2.29. The Bertz CT molecular complexity index is 489. The summed E-state index contributed by atoms with van der Waals surface area (Å²) < 4.78 is 1.63. The molecule has 7 nitrogen and oxygen atoms in total. The Labute approximate surface area is 111 Å². The monoisotopic (exact) mass is 266 g/mol. The van der Waals surface area contributed by atoms with E-state index in [1.165, 1.54) is 12.6 Å². The maximum Gasteiger partial charge on any atom is 0.434 e. The van der Waals surface area contributed by atoms with Gasteiger partial charge in [0.1, 0.15) is 12.4 Å². The lowest BCUT2D eigenvalue weighted by molar-refractivity contribution is -0.396. The molecule has 104 valence electrons. The maximum absolute atomic E-state index is 10.9. The zero-order valence-corrected chi connectivity index (χ0v) is 10.7. The normalized spacial score (nSPS) is 32.9. The predicted octanol–water partition coefficient (Wildman–Crippen LogP) is 0.781. The molecule has 7 heteroatoms. The number of aliphatic hydroxyl groups is 1. The molecule has 0 amide bonds. The highest BCUT2D eigenvalue weighted by molar-refractivity contribution is 5.20. The van der Waals surface area contributed by atoms with Crippen molar-refractivity contribution in [2.24, 2.45) is 0 Å². The first-order valence-corrected chi connectivity index (χ1v) is 6.72. The number of β-amino-alcohol motifs (C(OH)–C–C–N with tert-alkyl or cyclic N) is 1. The van der Waals surface area contributed by atoms with Crippen molar-refractivity contribution in [1.82, 2.24) is 14.5 Å². The Kier molecular flexibility index (Phi) is 3.02. The highest BCUT2D eigenvalue weighted by atomic mass is 16.6. The van der Waals surface area contributed by atoms with Crippen LogP contribution in [-0.4, -0.2) is 49.2 Å². The SMILES string of the molecule is O=[N+]([O-])c1nccn1CC12CCCCC1N2CCO. The van der Waals surface area contributed by atoms with Gasteiger partial charge in [-0.05, 0) is 17.8 Å².